The molecule has 1 radical (unpaired) electrons. The van der Waals surface area contributed by atoms with Crippen LogP contribution in [0.5, 0.6) is 0 Å². The van der Waals surface area contributed by atoms with E-state index in [0.29, 0.717) is 24.3 Å². The van der Waals surface area contributed by atoms with E-state index in [0.717, 1.165) is 24.3 Å². The van der Waals surface area contributed by atoms with Gasteiger partial charge in [0.25, 0.3) is 0 Å². The molecule has 2 rings (SSSR count). The van der Waals surface area contributed by atoms with Crippen LogP contribution in [-0.4, -0.2) is 61.3 Å². The van der Waals surface area contributed by atoms with Crippen molar-refractivity contribution in [2.45, 2.75) is 55.1 Å². The number of carbonyl (C=O) groups is 4. The third-order valence-corrected chi connectivity index (χ3v) is 8.48. The summed E-state index contributed by atoms with van der Waals surface area (Å²) in [5.41, 5.74) is 7.37. The summed E-state index contributed by atoms with van der Waals surface area (Å²) < 4.78 is 78.3. The molecule has 2 aromatic rings. The fourth-order valence-electron chi connectivity index (χ4n) is 3.88. The van der Waals surface area contributed by atoms with Crippen LogP contribution in [0.4, 0.5) is 17.6 Å². The maximum absolute atomic E-state index is 14.1. The second-order valence-electron chi connectivity index (χ2n) is 10.1. The Hall–Kier alpha value is -2.26. The van der Waals surface area contributed by atoms with Crippen molar-refractivity contribution in [3.05, 3.63) is 76.5 Å². The molecule has 0 heterocycles. The van der Waals surface area contributed by atoms with Gasteiger partial charge in [-0.2, -0.15) is 17.6 Å². The van der Waals surface area contributed by atoms with Gasteiger partial charge in [0.1, 0.15) is 12.1 Å². The number of carbonyl (C=O) groups excluding carboxylic acids is 4. The van der Waals surface area contributed by atoms with Crippen molar-refractivity contribution >= 4 is 38.8 Å². The molecule has 2 aromatic carbocycles. The molecule has 47 heavy (non-hydrogen) atoms. The van der Waals surface area contributed by atoms with Gasteiger partial charge in [0.05, 0.1) is 0 Å². The Bertz CT molecular complexity index is 1540. The monoisotopic (exact) mass is 925 g/mol. The molecule has 0 aliphatic rings. The molecule has 0 fully saturated rings. The smallest absolute Gasteiger partial charge is 0.399 e. The zero-order chi connectivity index (χ0) is 35.3. The number of alkyl halides is 4. The van der Waals surface area contributed by atoms with Crippen LogP contribution in [0.15, 0.2) is 48.5 Å². The maximum atomic E-state index is 14.1. The molecule has 22 heteroatoms. The first-order valence-electron chi connectivity index (χ1n) is 12.9. The maximum Gasteiger partial charge on any atom is 0.399 e. The summed E-state index contributed by atoms with van der Waals surface area (Å²) in [6.45, 7) is 0. The van der Waals surface area contributed by atoms with Crippen LogP contribution >= 0.6 is 15.2 Å². The zero-order valence-electron chi connectivity index (χ0n) is 24.1. The molecule has 0 spiro atoms. The molecular weight excluding hydrogens is 895 g/mol. The molecule has 3 atom stereocenters. The van der Waals surface area contributed by atoms with Crippen molar-refractivity contribution in [2.24, 2.45) is 11.5 Å². The van der Waals surface area contributed by atoms with Crippen LogP contribution in [-0.2, 0) is 52.5 Å². The van der Waals surface area contributed by atoms with Crippen molar-refractivity contribution in [2.75, 3.05) is 0 Å². The van der Waals surface area contributed by atoms with Gasteiger partial charge in [-0.05, 0) is 11.1 Å². The standard InChI is InChI=1S/C25H30F4N5O10P2.Ac/c26-24(27,45(39,40)41)15-5-1-13(2-6-15)11-18(21(32)36)33-23(38)19(34-22(37)17(30)9-10-20(31)35)12-14-3-7-16(8-4-14)25(28,29)46(42,43)44;/h1-8,17-19,30H,9-12H2,(H2,31,35)(H2,32,36)(H,33,38)(H,34,37)(H2,39,40,41)(H2,42,43,44);/q-1;. The Labute approximate surface area is 300 Å². The number of halogens is 4. The Morgan fingerprint density at radius 3 is 1.43 bits per heavy atom. The van der Waals surface area contributed by atoms with E-state index in [1.54, 1.807) is 0 Å². The Morgan fingerprint density at radius 1 is 0.723 bits per heavy atom. The molecule has 0 saturated heterocycles. The van der Waals surface area contributed by atoms with Crippen LogP contribution in [0.3, 0.4) is 0 Å². The molecule has 257 valence electrons. The fraction of sp³-hybridized carbons (Fsp3) is 0.360. The fourth-order valence-corrected chi connectivity index (χ4v) is 4.86. The number of benzene rings is 2. The van der Waals surface area contributed by atoms with Gasteiger partial charge in [0.2, 0.25) is 23.6 Å². The van der Waals surface area contributed by atoms with E-state index in [9.17, 15) is 45.9 Å². The van der Waals surface area contributed by atoms with Gasteiger partial charge in [-0.15, -0.1) is 0 Å². The van der Waals surface area contributed by atoms with E-state index >= 15 is 0 Å². The largest absolute Gasteiger partial charge is 0.667 e. The quantitative estimate of drug-likeness (QED) is 0.0876. The van der Waals surface area contributed by atoms with E-state index in [1.165, 1.54) is 0 Å². The van der Waals surface area contributed by atoms with Crippen molar-refractivity contribution in [3.8, 4) is 0 Å². The summed E-state index contributed by atoms with van der Waals surface area (Å²) in [5.74, 6) is -4.10. The van der Waals surface area contributed by atoms with Gasteiger partial charge in [0.15, 0.2) is 0 Å². The average molecular weight is 925 g/mol. The second-order valence-corrected chi connectivity index (χ2v) is 13.4. The molecule has 0 aliphatic carbocycles. The van der Waals surface area contributed by atoms with Gasteiger partial charge in [-0.25, -0.2) is 0 Å². The van der Waals surface area contributed by atoms with E-state index in [1.807, 2.05) is 0 Å². The number of primary amides is 2. The Kier molecular flexibility index (Phi) is 15.4. The van der Waals surface area contributed by atoms with E-state index in [-0.39, 0.29) is 68.0 Å². The van der Waals surface area contributed by atoms with Crippen LogP contribution < -0.4 is 22.1 Å². The Morgan fingerprint density at radius 2 is 1.09 bits per heavy atom. The molecule has 4 amide bonds. The van der Waals surface area contributed by atoms with Crippen molar-refractivity contribution < 1.29 is 110 Å². The number of nitrogens with two attached hydrogens (primary N) is 2. The second kappa shape index (κ2) is 16.9. The van der Waals surface area contributed by atoms with Gasteiger partial charge in [0, 0.05) is 74.5 Å². The number of rotatable bonds is 16. The van der Waals surface area contributed by atoms with Crippen molar-refractivity contribution in [3.63, 3.8) is 0 Å². The predicted octanol–water partition coefficient (Wildman–Crippen LogP) is 1.07. The normalized spacial score (nSPS) is 14.2. The molecule has 0 bridgehead atoms. The summed E-state index contributed by atoms with van der Waals surface area (Å²) in [6, 6.07) is 1.94. The molecule has 0 aromatic heterocycles. The van der Waals surface area contributed by atoms with Gasteiger partial charge < -0.3 is 47.4 Å². The number of hydrogen-bond acceptors (Lipinski definition) is 6. The topological polar surface area (TPSA) is 283 Å². The average Bonchev–Trinajstić information content (AvgIpc) is 2.94. The van der Waals surface area contributed by atoms with Crippen molar-refractivity contribution in [1.82, 2.24) is 10.6 Å². The number of amides is 4. The minimum absolute atomic E-state index is 0. The number of nitrogens with one attached hydrogen (secondary N) is 3. The third kappa shape index (κ3) is 11.7. The van der Waals surface area contributed by atoms with Gasteiger partial charge in [-0.3, -0.25) is 28.3 Å². The third-order valence-electron chi connectivity index (χ3n) is 6.50. The minimum Gasteiger partial charge on any atom is -0.667 e. The predicted molar refractivity (Wildman–Crippen MR) is 152 cm³/mol. The molecule has 11 N–H and O–H groups in total. The van der Waals surface area contributed by atoms with E-state index in [4.69, 9.17) is 36.8 Å². The summed E-state index contributed by atoms with van der Waals surface area (Å²) in [7, 11) is -11.8. The molecule has 0 aliphatic heterocycles. The summed E-state index contributed by atoms with van der Waals surface area (Å²) in [4.78, 5) is 84.8. The van der Waals surface area contributed by atoms with E-state index < -0.39 is 92.2 Å². The van der Waals surface area contributed by atoms with E-state index in [2.05, 4.69) is 10.6 Å². The van der Waals surface area contributed by atoms with Crippen LogP contribution in [0.1, 0.15) is 35.1 Å². The first-order valence-corrected chi connectivity index (χ1v) is 16.1. The minimum atomic E-state index is -5.89. The first kappa shape index (κ1) is 42.8. The molecule has 3 unspecified atom stereocenters. The van der Waals surface area contributed by atoms with Crippen molar-refractivity contribution in [1.29, 1.82) is 0 Å². The zero-order valence-corrected chi connectivity index (χ0v) is 30.6. The molecule has 15 nitrogen and oxygen atoms in total. The summed E-state index contributed by atoms with van der Waals surface area (Å²) >= 11 is 0. The molecular formula is C25H30AcF4N5O10P2-. The summed E-state index contributed by atoms with van der Waals surface area (Å²) in [5, 5.41) is 4.48. The summed E-state index contributed by atoms with van der Waals surface area (Å²) in [6.07, 6.45) is -1.58. The van der Waals surface area contributed by atoms with Crippen LogP contribution in [0.2, 0.25) is 0 Å². The van der Waals surface area contributed by atoms with Gasteiger partial charge in [-0.1, -0.05) is 61.0 Å². The van der Waals surface area contributed by atoms with Crippen LogP contribution in [0.25, 0.3) is 5.73 Å². The SMILES string of the molecule is [Ac].[NH-]C(CCC(N)=O)C(=O)NC(Cc1ccc(C(F)(F)P(=O)(O)O)cc1)C(=O)NC(Cc1ccc(C(F)(F)P(=O)(O)O)cc1)C(N)=O. The first-order chi connectivity index (χ1) is 21.0. The number of hydrogen-bond donors (Lipinski definition) is 8. The van der Waals surface area contributed by atoms with Gasteiger partial charge >= 0.3 is 26.5 Å². The Balaban J connectivity index is 0.0000110. The molecule has 0 saturated carbocycles. The van der Waals surface area contributed by atoms with Crippen LogP contribution in [0, 0.1) is 44.1 Å².